The molecule has 0 aromatic heterocycles. The van der Waals surface area contributed by atoms with Crippen LogP contribution in [0.5, 0.6) is 11.5 Å². The summed E-state index contributed by atoms with van der Waals surface area (Å²) in [7, 11) is 0. The number of carbonyl (C=O) groups excluding carboxylic acids is 1. The summed E-state index contributed by atoms with van der Waals surface area (Å²) in [6, 6.07) is 3.73. The lowest BCUT2D eigenvalue weighted by Crippen LogP contribution is -2.19. The van der Waals surface area contributed by atoms with Crippen molar-refractivity contribution in [2.45, 2.75) is 6.18 Å². The number of para-hydroxylation sites is 1. The Labute approximate surface area is 83.1 Å². The molecule has 82 valence electrons. The molecule has 6 heteroatoms. The second kappa shape index (κ2) is 4.20. The van der Waals surface area contributed by atoms with Gasteiger partial charge in [-0.25, -0.2) is 0 Å². The van der Waals surface area contributed by atoms with Crippen LogP contribution in [0.3, 0.4) is 0 Å². The van der Waals surface area contributed by atoms with Gasteiger partial charge in [0.15, 0.2) is 24.4 Å². The number of aldehydes is 1. The first-order chi connectivity index (χ1) is 6.94. The van der Waals surface area contributed by atoms with Crippen LogP contribution in [0.4, 0.5) is 13.2 Å². The maximum absolute atomic E-state index is 11.8. The van der Waals surface area contributed by atoms with Gasteiger partial charge in [0.2, 0.25) is 0 Å². The summed E-state index contributed by atoms with van der Waals surface area (Å²) < 4.78 is 39.6. The predicted molar refractivity (Wildman–Crippen MR) is 45.0 cm³/mol. The molecule has 1 rings (SSSR count). The Kier molecular flexibility index (Phi) is 3.18. The smallest absolute Gasteiger partial charge is 0.422 e. The predicted octanol–water partition coefficient (Wildman–Crippen LogP) is 2.15. The summed E-state index contributed by atoms with van der Waals surface area (Å²) >= 11 is 0. The van der Waals surface area contributed by atoms with Crippen molar-refractivity contribution in [3.63, 3.8) is 0 Å². The number of halogens is 3. The van der Waals surface area contributed by atoms with Gasteiger partial charge in [0, 0.05) is 0 Å². The molecule has 0 saturated heterocycles. The number of hydrogen-bond donors (Lipinski definition) is 1. The highest BCUT2D eigenvalue weighted by atomic mass is 19.4. The van der Waals surface area contributed by atoms with Crippen LogP contribution in [0.2, 0.25) is 0 Å². The van der Waals surface area contributed by atoms with E-state index in [-0.39, 0.29) is 11.3 Å². The molecule has 0 fully saturated rings. The molecule has 0 aliphatic rings. The summed E-state index contributed by atoms with van der Waals surface area (Å²) in [6.07, 6.45) is -4.15. The maximum atomic E-state index is 11.8. The van der Waals surface area contributed by atoms with E-state index < -0.39 is 18.5 Å². The molecular weight excluding hydrogens is 213 g/mol. The van der Waals surface area contributed by atoms with E-state index in [0.717, 1.165) is 6.07 Å². The van der Waals surface area contributed by atoms with Crippen LogP contribution in [0, 0.1) is 0 Å². The molecule has 0 atom stereocenters. The number of hydrogen-bond acceptors (Lipinski definition) is 3. The maximum Gasteiger partial charge on any atom is 0.422 e. The van der Waals surface area contributed by atoms with Gasteiger partial charge in [-0.05, 0) is 12.1 Å². The van der Waals surface area contributed by atoms with Crippen molar-refractivity contribution >= 4 is 6.29 Å². The highest BCUT2D eigenvalue weighted by Crippen LogP contribution is 2.29. The van der Waals surface area contributed by atoms with Gasteiger partial charge in [-0.15, -0.1) is 0 Å². The van der Waals surface area contributed by atoms with E-state index in [0.29, 0.717) is 6.29 Å². The second-order valence-electron chi connectivity index (χ2n) is 2.72. The average Bonchev–Trinajstić information content (AvgIpc) is 2.15. The first-order valence-electron chi connectivity index (χ1n) is 3.91. The van der Waals surface area contributed by atoms with Gasteiger partial charge in [0.1, 0.15) is 0 Å². The number of phenols is 1. The number of ether oxygens (including phenoxy) is 1. The Hall–Kier alpha value is -1.72. The number of aromatic hydroxyl groups is 1. The van der Waals surface area contributed by atoms with Gasteiger partial charge < -0.3 is 9.84 Å². The molecule has 1 aromatic carbocycles. The van der Waals surface area contributed by atoms with Crippen molar-refractivity contribution < 1.29 is 27.8 Å². The largest absolute Gasteiger partial charge is 0.504 e. The molecule has 0 unspecified atom stereocenters. The lowest BCUT2D eigenvalue weighted by atomic mass is 10.2. The minimum atomic E-state index is -4.48. The summed E-state index contributed by atoms with van der Waals surface area (Å²) in [5.41, 5.74) is -0.116. The topological polar surface area (TPSA) is 46.5 Å². The minimum Gasteiger partial charge on any atom is -0.504 e. The molecule has 1 N–H and O–H groups in total. The molecule has 3 nitrogen and oxygen atoms in total. The zero-order chi connectivity index (χ0) is 11.5. The van der Waals surface area contributed by atoms with Crippen molar-refractivity contribution in [2.75, 3.05) is 6.61 Å². The first-order valence-corrected chi connectivity index (χ1v) is 3.91. The van der Waals surface area contributed by atoms with E-state index in [1.54, 1.807) is 0 Å². The summed E-state index contributed by atoms with van der Waals surface area (Å²) in [4.78, 5) is 10.3. The molecule has 0 radical (unpaired) electrons. The monoisotopic (exact) mass is 220 g/mol. The Bertz CT molecular complexity index is 360. The number of phenolic OH excluding ortho intramolecular Hbond substituents is 1. The molecule has 0 saturated carbocycles. The van der Waals surface area contributed by atoms with Gasteiger partial charge in [-0.1, -0.05) is 6.07 Å². The van der Waals surface area contributed by atoms with Crippen LogP contribution in [0.25, 0.3) is 0 Å². The average molecular weight is 220 g/mol. The molecule has 0 aliphatic carbocycles. The fourth-order valence-corrected chi connectivity index (χ4v) is 0.910. The van der Waals surface area contributed by atoms with E-state index in [4.69, 9.17) is 0 Å². The third kappa shape index (κ3) is 3.16. The van der Waals surface area contributed by atoms with Crippen LogP contribution in [-0.2, 0) is 0 Å². The van der Waals surface area contributed by atoms with Crippen molar-refractivity contribution in [1.29, 1.82) is 0 Å². The number of alkyl halides is 3. The number of rotatable bonds is 3. The fraction of sp³-hybridized carbons (Fsp3) is 0.222. The molecule has 15 heavy (non-hydrogen) atoms. The fourth-order valence-electron chi connectivity index (χ4n) is 0.910. The van der Waals surface area contributed by atoms with Gasteiger partial charge in [0.05, 0.1) is 5.56 Å². The van der Waals surface area contributed by atoms with E-state index in [1.807, 2.05) is 0 Å². The van der Waals surface area contributed by atoms with Crippen molar-refractivity contribution in [3.8, 4) is 11.5 Å². The standard InChI is InChI=1S/C9H7F3O3/c10-9(11,12)5-15-7-3-1-2-6(4-13)8(7)14/h1-4,14H,5H2. The highest BCUT2D eigenvalue weighted by Gasteiger charge is 2.29. The third-order valence-corrected chi connectivity index (χ3v) is 1.55. The van der Waals surface area contributed by atoms with Gasteiger partial charge in [0.25, 0.3) is 0 Å². The molecule has 0 heterocycles. The normalized spacial score (nSPS) is 11.1. The van der Waals surface area contributed by atoms with E-state index >= 15 is 0 Å². The lowest BCUT2D eigenvalue weighted by Gasteiger charge is -2.10. The zero-order valence-electron chi connectivity index (χ0n) is 7.41. The van der Waals surface area contributed by atoms with Crippen LogP contribution in [0.15, 0.2) is 18.2 Å². The minimum absolute atomic E-state index is 0.116. The van der Waals surface area contributed by atoms with E-state index in [1.165, 1.54) is 12.1 Å². The summed E-state index contributed by atoms with van der Waals surface area (Å²) in [5, 5.41) is 9.26. The molecule has 0 aliphatic heterocycles. The molecule has 0 spiro atoms. The molecule has 1 aromatic rings. The molecule has 0 amide bonds. The van der Waals surface area contributed by atoms with Gasteiger partial charge in [-0.2, -0.15) is 13.2 Å². The quantitative estimate of drug-likeness (QED) is 0.794. The van der Waals surface area contributed by atoms with Crippen molar-refractivity contribution in [2.24, 2.45) is 0 Å². The summed E-state index contributed by atoms with van der Waals surface area (Å²) in [5.74, 6) is -0.950. The summed E-state index contributed by atoms with van der Waals surface area (Å²) in [6.45, 7) is -1.51. The molecule has 0 bridgehead atoms. The highest BCUT2D eigenvalue weighted by molar-refractivity contribution is 5.80. The first kappa shape index (κ1) is 11.4. The van der Waals surface area contributed by atoms with Gasteiger partial charge in [-0.3, -0.25) is 4.79 Å². The van der Waals surface area contributed by atoms with Crippen molar-refractivity contribution in [3.05, 3.63) is 23.8 Å². The Morgan fingerprint density at radius 1 is 1.40 bits per heavy atom. The molecular formula is C9H7F3O3. The van der Waals surface area contributed by atoms with Crippen LogP contribution in [-0.4, -0.2) is 24.2 Å². The second-order valence-corrected chi connectivity index (χ2v) is 2.72. The number of benzene rings is 1. The van der Waals surface area contributed by atoms with Crippen molar-refractivity contribution in [1.82, 2.24) is 0 Å². The van der Waals surface area contributed by atoms with E-state index in [9.17, 15) is 23.1 Å². The Balaban J connectivity index is 2.82. The Morgan fingerprint density at radius 3 is 2.60 bits per heavy atom. The zero-order valence-corrected chi connectivity index (χ0v) is 7.41. The van der Waals surface area contributed by atoms with E-state index in [2.05, 4.69) is 4.74 Å². The third-order valence-electron chi connectivity index (χ3n) is 1.55. The Morgan fingerprint density at radius 2 is 2.07 bits per heavy atom. The SMILES string of the molecule is O=Cc1cccc(OCC(F)(F)F)c1O. The number of carbonyl (C=O) groups is 1. The lowest BCUT2D eigenvalue weighted by molar-refractivity contribution is -0.153. The van der Waals surface area contributed by atoms with Gasteiger partial charge >= 0.3 is 6.18 Å². The van der Waals surface area contributed by atoms with Crippen LogP contribution in [0.1, 0.15) is 10.4 Å². The van der Waals surface area contributed by atoms with Crippen LogP contribution >= 0.6 is 0 Å². The van der Waals surface area contributed by atoms with Crippen LogP contribution < -0.4 is 4.74 Å².